The van der Waals surface area contributed by atoms with Crippen molar-refractivity contribution in [2.45, 2.75) is 53.6 Å². The van der Waals surface area contributed by atoms with Gasteiger partial charge in [-0.2, -0.15) is 0 Å². The molecule has 5 nitrogen and oxygen atoms in total. The highest BCUT2D eigenvalue weighted by Crippen LogP contribution is 2.15. The Morgan fingerprint density at radius 2 is 1.73 bits per heavy atom. The predicted octanol–water partition coefficient (Wildman–Crippen LogP) is 4.13. The Hall–Kier alpha value is -2.82. The summed E-state index contributed by atoms with van der Waals surface area (Å²) in [6.45, 7) is 10.8. The second-order valence-electron chi connectivity index (χ2n) is 8.11. The van der Waals surface area contributed by atoms with Gasteiger partial charge in [0, 0.05) is 13.1 Å². The number of benzene rings is 2. The van der Waals surface area contributed by atoms with E-state index in [9.17, 15) is 9.59 Å². The van der Waals surface area contributed by atoms with Gasteiger partial charge in [0.1, 0.15) is 11.8 Å². The molecule has 0 aliphatic heterocycles. The smallest absolute Gasteiger partial charge is 0.261 e. The number of amides is 2. The maximum Gasteiger partial charge on any atom is 0.261 e. The monoisotopic (exact) mass is 410 g/mol. The van der Waals surface area contributed by atoms with Crippen LogP contribution in [-0.4, -0.2) is 35.9 Å². The second kappa shape index (κ2) is 11.4. The number of rotatable bonds is 10. The molecule has 0 saturated carbocycles. The van der Waals surface area contributed by atoms with E-state index in [1.165, 1.54) is 5.56 Å². The van der Waals surface area contributed by atoms with E-state index in [2.05, 4.69) is 12.2 Å². The lowest BCUT2D eigenvalue weighted by molar-refractivity contribution is -0.142. The molecule has 0 unspecified atom stereocenters. The van der Waals surface area contributed by atoms with Gasteiger partial charge >= 0.3 is 0 Å². The first-order chi connectivity index (χ1) is 14.3. The lowest BCUT2D eigenvalue weighted by Gasteiger charge is -2.29. The van der Waals surface area contributed by atoms with E-state index >= 15 is 0 Å². The molecule has 2 amide bonds. The highest BCUT2D eigenvalue weighted by molar-refractivity contribution is 5.87. The third-order valence-corrected chi connectivity index (χ3v) is 4.98. The molecule has 0 fully saturated rings. The molecule has 1 N–H and O–H groups in total. The van der Waals surface area contributed by atoms with Gasteiger partial charge < -0.3 is 15.0 Å². The van der Waals surface area contributed by atoms with Crippen LogP contribution in [0.4, 0.5) is 0 Å². The molecule has 0 aliphatic carbocycles. The highest BCUT2D eigenvalue weighted by Gasteiger charge is 2.26. The molecular weight excluding hydrogens is 376 g/mol. The first-order valence-corrected chi connectivity index (χ1v) is 10.6. The van der Waals surface area contributed by atoms with E-state index in [0.29, 0.717) is 24.8 Å². The standard InChI is InChI=1S/C25H34N2O3/c1-6-21-10-12-23(13-11-21)30-17-24(28)27(16-22-9-7-8-19(4)14-22)20(5)25(29)26-15-18(2)3/h7-14,18,20H,6,15-17H2,1-5H3,(H,26,29)/t20-/m0/s1. The molecule has 0 saturated heterocycles. The minimum Gasteiger partial charge on any atom is -0.484 e. The van der Waals surface area contributed by atoms with Crippen molar-refractivity contribution in [2.24, 2.45) is 5.92 Å². The van der Waals surface area contributed by atoms with Gasteiger partial charge in [0.05, 0.1) is 0 Å². The number of carbonyl (C=O) groups is 2. The number of aryl methyl sites for hydroxylation is 2. The minimum atomic E-state index is -0.595. The van der Waals surface area contributed by atoms with E-state index in [1.54, 1.807) is 11.8 Å². The van der Waals surface area contributed by atoms with Crippen molar-refractivity contribution in [1.29, 1.82) is 0 Å². The molecule has 0 spiro atoms. The molecule has 0 aromatic heterocycles. The molecule has 0 aliphatic rings. The Morgan fingerprint density at radius 3 is 2.33 bits per heavy atom. The van der Waals surface area contributed by atoms with Crippen molar-refractivity contribution in [3.05, 3.63) is 65.2 Å². The van der Waals surface area contributed by atoms with E-state index in [-0.39, 0.29) is 18.4 Å². The van der Waals surface area contributed by atoms with Crippen LogP contribution >= 0.6 is 0 Å². The molecule has 0 bridgehead atoms. The summed E-state index contributed by atoms with van der Waals surface area (Å²) in [7, 11) is 0. The van der Waals surface area contributed by atoms with Gasteiger partial charge in [0.15, 0.2) is 6.61 Å². The minimum absolute atomic E-state index is 0.112. The summed E-state index contributed by atoms with van der Waals surface area (Å²) >= 11 is 0. The fraction of sp³-hybridized carbons (Fsp3) is 0.440. The molecule has 0 heterocycles. The van der Waals surface area contributed by atoms with E-state index < -0.39 is 6.04 Å². The molecule has 5 heteroatoms. The summed E-state index contributed by atoms with van der Waals surface area (Å²) in [5.74, 6) is 0.616. The maximum absolute atomic E-state index is 13.0. The van der Waals surface area contributed by atoms with Crippen LogP contribution in [0.25, 0.3) is 0 Å². The Morgan fingerprint density at radius 1 is 1.03 bits per heavy atom. The molecule has 2 rings (SSSR count). The van der Waals surface area contributed by atoms with Crippen molar-refractivity contribution < 1.29 is 14.3 Å². The van der Waals surface area contributed by atoms with E-state index in [0.717, 1.165) is 17.5 Å². The zero-order valence-electron chi connectivity index (χ0n) is 18.8. The molecule has 2 aromatic carbocycles. The van der Waals surface area contributed by atoms with Crippen LogP contribution < -0.4 is 10.1 Å². The molecule has 30 heavy (non-hydrogen) atoms. The van der Waals surface area contributed by atoms with Crippen LogP contribution in [0.3, 0.4) is 0 Å². The normalized spacial score (nSPS) is 11.8. The average molecular weight is 411 g/mol. The Kier molecular flexibility index (Phi) is 8.90. The Labute approximate surface area is 180 Å². The number of carbonyl (C=O) groups excluding carboxylic acids is 2. The molecule has 2 aromatic rings. The number of nitrogens with one attached hydrogen (secondary N) is 1. The lowest BCUT2D eigenvalue weighted by Crippen LogP contribution is -2.49. The van der Waals surface area contributed by atoms with Gasteiger partial charge in [-0.25, -0.2) is 0 Å². The van der Waals surface area contributed by atoms with Crippen LogP contribution in [-0.2, 0) is 22.6 Å². The largest absolute Gasteiger partial charge is 0.484 e. The van der Waals surface area contributed by atoms with Crippen molar-refractivity contribution >= 4 is 11.8 Å². The van der Waals surface area contributed by atoms with E-state index in [4.69, 9.17) is 4.74 Å². The summed E-state index contributed by atoms with van der Waals surface area (Å²) in [4.78, 5) is 27.3. The number of hydrogen-bond donors (Lipinski definition) is 1. The molecular formula is C25H34N2O3. The first kappa shape index (κ1) is 23.5. The molecule has 162 valence electrons. The zero-order chi connectivity index (χ0) is 22.1. The van der Waals surface area contributed by atoms with Gasteiger partial charge in [-0.3, -0.25) is 9.59 Å². The van der Waals surface area contributed by atoms with Crippen molar-refractivity contribution in [3.8, 4) is 5.75 Å². The van der Waals surface area contributed by atoms with Crippen LogP contribution in [0.15, 0.2) is 48.5 Å². The number of ether oxygens (including phenoxy) is 1. The Bertz CT molecular complexity index is 831. The van der Waals surface area contributed by atoms with Crippen LogP contribution in [0.1, 0.15) is 44.4 Å². The SMILES string of the molecule is CCc1ccc(OCC(=O)N(Cc2cccc(C)c2)[C@@H](C)C(=O)NCC(C)C)cc1. The highest BCUT2D eigenvalue weighted by atomic mass is 16.5. The molecule has 0 radical (unpaired) electrons. The van der Waals surface area contributed by atoms with Crippen molar-refractivity contribution in [2.75, 3.05) is 13.2 Å². The zero-order valence-corrected chi connectivity index (χ0v) is 18.8. The maximum atomic E-state index is 13.0. The summed E-state index contributed by atoms with van der Waals surface area (Å²) in [6.07, 6.45) is 0.951. The second-order valence-corrected chi connectivity index (χ2v) is 8.11. The predicted molar refractivity (Wildman–Crippen MR) is 120 cm³/mol. The summed E-state index contributed by atoms with van der Waals surface area (Å²) in [5.41, 5.74) is 3.31. The molecule has 1 atom stereocenters. The Balaban J connectivity index is 2.11. The lowest BCUT2D eigenvalue weighted by atomic mass is 10.1. The fourth-order valence-electron chi connectivity index (χ4n) is 3.09. The summed E-state index contributed by atoms with van der Waals surface area (Å²) in [5, 5.41) is 2.93. The van der Waals surface area contributed by atoms with E-state index in [1.807, 2.05) is 69.3 Å². The van der Waals surface area contributed by atoms with Crippen molar-refractivity contribution in [1.82, 2.24) is 10.2 Å². The van der Waals surface area contributed by atoms with Gasteiger partial charge in [-0.15, -0.1) is 0 Å². The van der Waals surface area contributed by atoms with Crippen molar-refractivity contribution in [3.63, 3.8) is 0 Å². The third kappa shape index (κ3) is 7.21. The van der Waals surface area contributed by atoms with Gasteiger partial charge in [-0.05, 0) is 49.4 Å². The van der Waals surface area contributed by atoms with Gasteiger partial charge in [-0.1, -0.05) is 62.7 Å². The van der Waals surface area contributed by atoms with Gasteiger partial charge in [0.2, 0.25) is 5.91 Å². The van der Waals surface area contributed by atoms with Crippen LogP contribution in [0.5, 0.6) is 5.75 Å². The van der Waals surface area contributed by atoms with Crippen LogP contribution in [0.2, 0.25) is 0 Å². The average Bonchev–Trinajstić information content (AvgIpc) is 2.74. The van der Waals surface area contributed by atoms with Crippen LogP contribution in [0, 0.1) is 12.8 Å². The quantitative estimate of drug-likeness (QED) is 0.641. The number of hydrogen-bond acceptors (Lipinski definition) is 3. The third-order valence-electron chi connectivity index (χ3n) is 4.98. The topological polar surface area (TPSA) is 58.6 Å². The summed E-state index contributed by atoms with van der Waals surface area (Å²) in [6, 6.07) is 15.1. The van der Waals surface area contributed by atoms with Gasteiger partial charge in [0.25, 0.3) is 5.91 Å². The summed E-state index contributed by atoms with van der Waals surface area (Å²) < 4.78 is 5.71. The fourth-order valence-corrected chi connectivity index (χ4v) is 3.09. The first-order valence-electron chi connectivity index (χ1n) is 10.6. The number of nitrogens with zero attached hydrogens (tertiary/aromatic N) is 1.